The molecule has 0 aliphatic rings. The van der Waals surface area contributed by atoms with Gasteiger partial charge in [0.2, 0.25) is 6.08 Å². The van der Waals surface area contributed by atoms with E-state index in [1.807, 2.05) is 43.3 Å². The van der Waals surface area contributed by atoms with Gasteiger partial charge in [-0.3, -0.25) is 4.98 Å². The number of aromatic nitrogens is 1. The lowest BCUT2D eigenvalue weighted by Gasteiger charge is -2.04. The Bertz CT molecular complexity index is 530. The number of pyridine rings is 1. The van der Waals surface area contributed by atoms with Crippen LogP contribution in [-0.2, 0) is 4.79 Å². The molecular weight excluding hydrogens is 188 g/mol. The van der Waals surface area contributed by atoms with E-state index in [-0.39, 0.29) is 6.04 Å². The molecular formula is C12H10N2O. The van der Waals surface area contributed by atoms with E-state index in [4.69, 9.17) is 0 Å². The largest absolute Gasteiger partial charge is 0.251 e. The minimum atomic E-state index is -0.230. The van der Waals surface area contributed by atoms with Crippen LogP contribution in [0.25, 0.3) is 10.9 Å². The van der Waals surface area contributed by atoms with Gasteiger partial charge in [0.05, 0.1) is 11.2 Å². The summed E-state index contributed by atoms with van der Waals surface area (Å²) < 4.78 is 0. The smallest absolute Gasteiger partial charge is 0.235 e. The molecule has 1 unspecified atom stereocenters. The van der Waals surface area contributed by atoms with Crippen LogP contribution in [0.5, 0.6) is 0 Å². The molecule has 0 aliphatic heterocycles. The summed E-state index contributed by atoms with van der Waals surface area (Å²) in [5.74, 6) is 0. The van der Waals surface area contributed by atoms with Crippen molar-refractivity contribution in [1.29, 1.82) is 0 Å². The lowest BCUT2D eigenvalue weighted by Crippen LogP contribution is -1.93. The Morgan fingerprint density at radius 2 is 2.07 bits per heavy atom. The van der Waals surface area contributed by atoms with E-state index in [0.717, 1.165) is 16.6 Å². The Morgan fingerprint density at radius 1 is 1.27 bits per heavy atom. The molecule has 0 radical (unpaired) electrons. The second-order valence-electron chi connectivity index (χ2n) is 3.33. The molecule has 15 heavy (non-hydrogen) atoms. The Morgan fingerprint density at radius 3 is 2.87 bits per heavy atom. The average Bonchev–Trinajstić information content (AvgIpc) is 2.29. The highest BCUT2D eigenvalue weighted by molar-refractivity contribution is 5.78. The first-order valence-electron chi connectivity index (χ1n) is 4.74. The van der Waals surface area contributed by atoms with Gasteiger partial charge in [0, 0.05) is 5.39 Å². The monoisotopic (exact) mass is 198 g/mol. The third kappa shape index (κ3) is 1.92. The summed E-state index contributed by atoms with van der Waals surface area (Å²) in [6, 6.07) is 11.5. The van der Waals surface area contributed by atoms with E-state index in [1.165, 1.54) is 0 Å². The first-order chi connectivity index (χ1) is 7.31. The maximum absolute atomic E-state index is 10.1. The predicted octanol–water partition coefficient (Wildman–Crippen LogP) is 2.63. The van der Waals surface area contributed by atoms with Crippen LogP contribution in [0.15, 0.2) is 41.4 Å². The van der Waals surface area contributed by atoms with Crippen LogP contribution >= 0.6 is 0 Å². The van der Waals surface area contributed by atoms with Crippen LogP contribution in [0, 0.1) is 0 Å². The highest BCUT2D eigenvalue weighted by Crippen LogP contribution is 2.18. The summed E-state index contributed by atoms with van der Waals surface area (Å²) in [7, 11) is 0. The van der Waals surface area contributed by atoms with Crippen molar-refractivity contribution >= 4 is 17.0 Å². The molecule has 2 rings (SSSR count). The van der Waals surface area contributed by atoms with Crippen LogP contribution in [0.1, 0.15) is 18.7 Å². The van der Waals surface area contributed by atoms with Crippen LogP contribution in [0.4, 0.5) is 0 Å². The van der Waals surface area contributed by atoms with Gasteiger partial charge in [-0.05, 0) is 19.1 Å². The SMILES string of the molecule is CC(N=C=O)c1ccc2ccccc2n1. The summed E-state index contributed by atoms with van der Waals surface area (Å²) >= 11 is 0. The molecule has 74 valence electrons. The van der Waals surface area contributed by atoms with Gasteiger partial charge >= 0.3 is 0 Å². The molecule has 0 amide bonds. The highest BCUT2D eigenvalue weighted by atomic mass is 16.1. The summed E-state index contributed by atoms with van der Waals surface area (Å²) in [5, 5.41) is 1.09. The molecule has 3 nitrogen and oxygen atoms in total. The quantitative estimate of drug-likeness (QED) is 0.550. The van der Waals surface area contributed by atoms with Gasteiger partial charge in [-0.1, -0.05) is 24.3 Å². The fraction of sp³-hybridized carbons (Fsp3) is 0.167. The van der Waals surface area contributed by atoms with Crippen molar-refractivity contribution in [3.05, 3.63) is 42.1 Å². The fourth-order valence-electron chi connectivity index (χ4n) is 1.46. The van der Waals surface area contributed by atoms with E-state index in [2.05, 4.69) is 9.98 Å². The molecule has 2 aromatic rings. The number of carbonyl (C=O) groups excluding carboxylic acids is 1. The van der Waals surface area contributed by atoms with Gasteiger partial charge < -0.3 is 0 Å². The van der Waals surface area contributed by atoms with Gasteiger partial charge in [0.15, 0.2) is 0 Å². The summed E-state index contributed by atoms with van der Waals surface area (Å²) in [6.07, 6.45) is 1.55. The molecule has 0 N–H and O–H groups in total. The van der Waals surface area contributed by atoms with Crippen molar-refractivity contribution in [1.82, 2.24) is 4.98 Å². The number of hydrogen-bond acceptors (Lipinski definition) is 3. The second kappa shape index (κ2) is 4.03. The first-order valence-corrected chi connectivity index (χ1v) is 4.74. The van der Waals surface area contributed by atoms with Crippen molar-refractivity contribution in [3.63, 3.8) is 0 Å². The average molecular weight is 198 g/mol. The number of hydrogen-bond donors (Lipinski definition) is 0. The zero-order valence-corrected chi connectivity index (χ0v) is 8.34. The number of fused-ring (bicyclic) bond motifs is 1. The van der Waals surface area contributed by atoms with Gasteiger partial charge in [-0.15, -0.1) is 0 Å². The van der Waals surface area contributed by atoms with Crippen molar-refractivity contribution in [3.8, 4) is 0 Å². The predicted molar refractivity (Wildman–Crippen MR) is 58.3 cm³/mol. The topological polar surface area (TPSA) is 42.3 Å². The lowest BCUT2D eigenvalue weighted by atomic mass is 10.1. The van der Waals surface area contributed by atoms with Crippen LogP contribution in [-0.4, -0.2) is 11.1 Å². The van der Waals surface area contributed by atoms with Crippen LogP contribution < -0.4 is 0 Å². The molecule has 0 saturated carbocycles. The van der Waals surface area contributed by atoms with E-state index >= 15 is 0 Å². The number of isocyanates is 1. The maximum atomic E-state index is 10.1. The Hall–Kier alpha value is -1.99. The summed E-state index contributed by atoms with van der Waals surface area (Å²) in [5.41, 5.74) is 1.71. The molecule has 3 heteroatoms. The lowest BCUT2D eigenvalue weighted by molar-refractivity contribution is 0.559. The Labute approximate surface area is 87.5 Å². The van der Waals surface area contributed by atoms with Crippen molar-refractivity contribution in [2.45, 2.75) is 13.0 Å². The van der Waals surface area contributed by atoms with E-state index in [9.17, 15) is 4.79 Å². The van der Waals surface area contributed by atoms with E-state index < -0.39 is 0 Å². The third-order valence-corrected chi connectivity index (χ3v) is 2.29. The zero-order chi connectivity index (χ0) is 10.7. The molecule has 1 aromatic carbocycles. The van der Waals surface area contributed by atoms with E-state index in [1.54, 1.807) is 6.08 Å². The standard InChI is InChI=1S/C12H10N2O/c1-9(13-8-15)11-7-6-10-4-2-3-5-12(10)14-11/h2-7,9H,1H3. The van der Waals surface area contributed by atoms with Gasteiger partial charge in [0.25, 0.3) is 0 Å². The Kier molecular flexibility index (Phi) is 2.57. The molecule has 0 aliphatic carbocycles. The molecule has 0 fully saturated rings. The molecule has 1 aromatic heterocycles. The normalized spacial score (nSPS) is 12.1. The molecule has 1 atom stereocenters. The molecule has 1 heterocycles. The van der Waals surface area contributed by atoms with Crippen molar-refractivity contribution < 1.29 is 4.79 Å². The first kappa shape index (κ1) is 9.56. The fourth-order valence-corrected chi connectivity index (χ4v) is 1.46. The zero-order valence-electron chi connectivity index (χ0n) is 8.34. The highest BCUT2D eigenvalue weighted by Gasteiger charge is 2.05. The Balaban J connectivity index is 2.51. The maximum Gasteiger partial charge on any atom is 0.235 e. The van der Waals surface area contributed by atoms with Gasteiger partial charge in [0.1, 0.15) is 6.04 Å². The molecule has 0 saturated heterocycles. The minimum absolute atomic E-state index is 0.230. The number of rotatable bonds is 2. The number of aliphatic imine (C=N–C) groups is 1. The summed E-state index contributed by atoms with van der Waals surface area (Å²) in [4.78, 5) is 18.2. The second-order valence-corrected chi connectivity index (χ2v) is 3.33. The number of nitrogens with zero attached hydrogens (tertiary/aromatic N) is 2. The number of para-hydroxylation sites is 1. The number of benzene rings is 1. The van der Waals surface area contributed by atoms with Crippen LogP contribution in [0.2, 0.25) is 0 Å². The minimum Gasteiger partial charge on any atom is -0.251 e. The van der Waals surface area contributed by atoms with Gasteiger partial charge in [-0.25, -0.2) is 4.79 Å². The molecule has 0 spiro atoms. The molecule has 0 bridgehead atoms. The van der Waals surface area contributed by atoms with Crippen molar-refractivity contribution in [2.75, 3.05) is 0 Å². The van der Waals surface area contributed by atoms with Crippen molar-refractivity contribution in [2.24, 2.45) is 4.99 Å². The van der Waals surface area contributed by atoms with Gasteiger partial charge in [-0.2, -0.15) is 4.99 Å². The third-order valence-electron chi connectivity index (χ3n) is 2.29. The van der Waals surface area contributed by atoms with E-state index in [0.29, 0.717) is 0 Å². The van der Waals surface area contributed by atoms with Crippen LogP contribution in [0.3, 0.4) is 0 Å². The summed E-state index contributed by atoms with van der Waals surface area (Å²) in [6.45, 7) is 1.82.